The Morgan fingerprint density at radius 2 is 2.29 bits per heavy atom. The van der Waals surface area contributed by atoms with Crippen LogP contribution in [0.15, 0.2) is 27.6 Å². The van der Waals surface area contributed by atoms with Gasteiger partial charge in [-0.15, -0.1) is 11.8 Å². The van der Waals surface area contributed by atoms with Crippen LogP contribution in [0.5, 0.6) is 0 Å². The standard InChI is InChI=1S/C10H12BrFOS/c1-2-14-10-4-3-7(5-8(10)11)9(12)6-13/h3-5,9,13H,2,6H2,1H3. The van der Waals surface area contributed by atoms with Crippen LogP contribution >= 0.6 is 27.7 Å². The Kier molecular flexibility index (Phi) is 4.92. The summed E-state index contributed by atoms with van der Waals surface area (Å²) in [6.45, 7) is 1.60. The molecule has 1 aromatic carbocycles. The van der Waals surface area contributed by atoms with E-state index in [4.69, 9.17) is 5.11 Å². The van der Waals surface area contributed by atoms with E-state index in [0.717, 1.165) is 15.1 Å². The van der Waals surface area contributed by atoms with Crippen molar-refractivity contribution in [1.29, 1.82) is 0 Å². The van der Waals surface area contributed by atoms with E-state index in [0.29, 0.717) is 5.56 Å². The molecule has 1 unspecified atom stereocenters. The molecule has 0 aliphatic heterocycles. The van der Waals surface area contributed by atoms with Gasteiger partial charge in [0.2, 0.25) is 0 Å². The first-order valence-electron chi connectivity index (χ1n) is 4.36. The third-order valence-corrected chi connectivity index (χ3v) is 3.65. The van der Waals surface area contributed by atoms with E-state index >= 15 is 0 Å². The summed E-state index contributed by atoms with van der Waals surface area (Å²) in [5.41, 5.74) is 0.514. The van der Waals surface area contributed by atoms with Gasteiger partial charge in [0.05, 0.1) is 6.61 Å². The fourth-order valence-electron chi connectivity index (χ4n) is 1.09. The maximum Gasteiger partial charge on any atom is 0.148 e. The summed E-state index contributed by atoms with van der Waals surface area (Å²) in [7, 11) is 0. The molecule has 0 spiro atoms. The second-order valence-electron chi connectivity index (χ2n) is 2.77. The van der Waals surface area contributed by atoms with E-state index in [-0.39, 0.29) is 0 Å². The molecule has 0 radical (unpaired) electrons. The van der Waals surface area contributed by atoms with Crippen LogP contribution in [0.25, 0.3) is 0 Å². The van der Waals surface area contributed by atoms with Crippen molar-refractivity contribution < 1.29 is 9.50 Å². The molecule has 0 bridgehead atoms. The minimum absolute atomic E-state index is 0.466. The van der Waals surface area contributed by atoms with Gasteiger partial charge in [0.1, 0.15) is 6.17 Å². The van der Waals surface area contributed by atoms with Crippen molar-refractivity contribution >= 4 is 27.7 Å². The van der Waals surface area contributed by atoms with Crippen molar-refractivity contribution in [1.82, 2.24) is 0 Å². The van der Waals surface area contributed by atoms with Gasteiger partial charge in [-0.2, -0.15) is 0 Å². The zero-order chi connectivity index (χ0) is 10.6. The molecule has 1 aromatic rings. The highest BCUT2D eigenvalue weighted by molar-refractivity contribution is 9.10. The SMILES string of the molecule is CCSc1ccc(C(F)CO)cc1Br. The van der Waals surface area contributed by atoms with Crippen LogP contribution in [0.4, 0.5) is 4.39 Å². The fourth-order valence-corrected chi connectivity index (χ4v) is 2.50. The average molecular weight is 279 g/mol. The van der Waals surface area contributed by atoms with Gasteiger partial charge < -0.3 is 5.11 Å². The van der Waals surface area contributed by atoms with E-state index in [1.165, 1.54) is 0 Å². The minimum atomic E-state index is -1.29. The molecule has 1 rings (SSSR count). The first-order chi connectivity index (χ1) is 6.69. The van der Waals surface area contributed by atoms with Crippen molar-refractivity contribution in [2.45, 2.75) is 18.0 Å². The van der Waals surface area contributed by atoms with E-state index in [9.17, 15) is 4.39 Å². The number of rotatable bonds is 4. The van der Waals surface area contributed by atoms with Gasteiger partial charge >= 0.3 is 0 Å². The Balaban J connectivity index is 2.88. The van der Waals surface area contributed by atoms with Gasteiger partial charge in [-0.25, -0.2) is 4.39 Å². The van der Waals surface area contributed by atoms with Crippen LogP contribution in [-0.4, -0.2) is 17.5 Å². The molecular weight excluding hydrogens is 267 g/mol. The zero-order valence-electron chi connectivity index (χ0n) is 7.84. The zero-order valence-corrected chi connectivity index (χ0v) is 10.2. The quantitative estimate of drug-likeness (QED) is 0.850. The second kappa shape index (κ2) is 5.73. The van der Waals surface area contributed by atoms with Crippen LogP contribution in [0, 0.1) is 0 Å². The van der Waals surface area contributed by atoms with Gasteiger partial charge in [0.25, 0.3) is 0 Å². The number of hydrogen-bond acceptors (Lipinski definition) is 2. The first kappa shape index (κ1) is 12.0. The number of thioether (sulfide) groups is 1. The summed E-state index contributed by atoms with van der Waals surface area (Å²) < 4.78 is 14.0. The average Bonchev–Trinajstić information content (AvgIpc) is 2.20. The molecule has 78 valence electrons. The lowest BCUT2D eigenvalue weighted by Crippen LogP contribution is -1.97. The van der Waals surface area contributed by atoms with Crippen molar-refractivity contribution in [3.63, 3.8) is 0 Å². The Morgan fingerprint density at radius 3 is 2.79 bits per heavy atom. The Labute approximate surface area is 95.8 Å². The van der Waals surface area contributed by atoms with Crippen LogP contribution in [0.2, 0.25) is 0 Å². The lowest BCUT2D eigenvalue weighted by Gasteiger charge is -2.08. The third-order valence-electron chi connectivity index (χ3n) is 1.78. The number of aliphatic hydroxyl groups is 1. The number of hydrogen-bond donors (Lipinski definition) is 1. The molecule has 0 fully saturated rings. The molecular formula is C10H12BrFOS. The van der Waals surface area contributed by atoms with Crippen molar-refractivity contribution in [3.8, 4) is 0 Å². The molecule has 0 saturated heterocycles. The number of aliphatic hydroxyl groups excluding tert-OH is 1. The van der Waals surface area contributed by atoms with E-state index in [2.05, 4.69) is 22.9 Å². The molecule has 0 aromatic heterocycles. The molecule has 4 heteroatoms. The predicted molar refractivity (Wildman–Crippen MR) is 61.5 cm³/mol. The summed E-state index contributed by atoms with van der Waals surface area (Å²) in [5, 5.41) is 8.66. The second-order valence-corrected chi connectivity index (χ2v) is 4.93. The Hall–Kier alpha value is -0.0600. The molecule has 0 amide bonds. The molecule has 0 saturated carbocycles. The lowest BCUT2D eigenvalue weighted by atomic mass is 10.1. The minimum Gasteiger partial charge on any atom is -0.393 e. The highest BCUT2D eigenvalue weighted by Crippen LogP contribution is 2.30. The first-order valence-corrected chi connectivity index (χ1v) is 6.14. The highest BCUT2D eigenvalue weighted by Gasteiger charge is 2.09. The number of halogens is 2. The maximum absolute atomic E-state index is 13.1. The van der Waals surface area contributed by atoms with Gasteiger partial charge in [-0.3, -0.25) is 0 Å². The smallest absolute Gasteiger partial charge is 0.148 e. The lowest BCUT2D eigenvalue weighted by molar-refractivity contribution is 0.180. The van der Waals surface area contributed by atoms with Crippen LogP contribution < -0.4 is 0 Å². The van der Waals surface area contributed by atoms with Gasteiger partial charge in [-0.1, -0.05) is 13.0 Å². The van der Waals surface area contributed by atoms with Gasteiger partial charge in [0.15, 0.2) is 0 Å². The summed E-state index contributed by atoms with van der Waals surface area (Å²) >= 11 is 5.07. The maximum atomic E-state index is 13.1. The summed E-state index contributed by atoms with van der Waals surface area (Å²) in [5.74, 6) is 0.983. The topological polar surface area (TPSA) is 20.2 Å². The highest BCUT2D eigenvalue weighted by atomic mass is 79.9. The number of alkyl halides is 1. The molecule has 1 N–H and O–H groups in total. The molecule has 0 heterocycles. The van der Waals surface area contributed by atoms with E-state index in [1.807, 2.05) is 6.07 Å². The van der Waals surface area contributed by atoms with Gasteiger partial charge in [-0.05, 0) is 39.4 Å². The van der Waals surface area contributed by atoms with Crippen molar-refractivity contribution in [2.24, 2.45) is 0 Å². The third kappa shape index (κ3) is 2.97. The monoisotopic (exact) mass is 278 g/mol. The Morgan fingerprint density at radius 1 is 1.57 bits per heavy atom. The summed E-state index contributed by atoms with van der Waals surface area (Å²) in [6.07, 6.45) is -1.29. The molecule has 1 atom stereocenters. The largest absolute Gasteiger partial charge is 0.393 e. The molecule has 0 aliphatic rings. The van der Waals surface area contributed by atoms with Crippen molar-refractivity contribution in [3.05, 3.63) is 28.2 Å². The molecule has 14 heavy (non-hydrogen) atoms. The van der Waals surface area contributed by atoms with Crippen LogP contribution in [0.1, 0.15) is 18.7 Å². The van der Waals surface area contributed by atoms with E-state index < -0.39 is 12.8 Å². The van der Waals surface area contributed by atoms with Crippen molar-refractivity contribution in [2.75, 3.05) is 12.4 Å². The number of benzene rings is 1. The van der Waals surface area contributed by atoms with E-state index in [1.54, 1.807) is 23.9 Å². The van der Waals surface area contributed by atoms with Crippen LogP contribution in [0.3, 0.4) is 0 Å². The molecule has 1 nitrogen and oxygen atoms in total. The predicted octanol–water partition coefficient (Wildman–Crippen LogP) is 3.56. The normalized spacial score (nSPS) is 12.9. The fraction of sp³-hybridized carbons (Fsp3) is 0.400. The summed E-state index contributed by atoms with van der Waals surface area (Å²) in [6, 6.07) is 5.30. The molecule has 0 aliphatic carbocycles. The van der Waals surface area contributed by atoms with Gasteiger partial charge in [0, 0.05) is 9.37 Å². The van der Waals surface area contributed by atoms with Crippen LogP contribution in [-0.2, 0) is 0 Å². The summed E-state index contributed by atoms with van der Waals surface area (Å²) in [4.78, 5) is 1.10. The Bertz CT molecular complexity index is 306.